The van der Waals surface area contributed by atoms with E-state index in [4.69, 9.17) is 18.9 Å². The maximum absolute atomic E-state index is 13.1. The number of nitrogens with zero attached hydrogens (tertiary/aromatic N) is 1. The summed E-state index contributed by atoms with van der Waals surface area (Å²) in [4.78, 5) is 25.7. The molecule has 0 N–H and O–H groups in total. The van der Waals surface area contributed by atoms with Crippen molar-refractivity contribution in [3.8, 4) is 5.75 Å². The van der Waals surface area contributed by atoms with E-state index in [-0.39, 0.29) is 30.1 Å². The van der Waals surface area contributed by atoms with Gasteiger partial charge in [-0.3, -0.25) is 4.79 Å². The summed E-state index contributed by atoms with van der Waals surface area (Å²) in [5.74, 6) is -0.463. The Morgan fingerprint density at radius 2 is 2.11 bits per heavy atom. The predicted molar refractivity (Wildman–Crippen MR) is 98.0 cm³/mol. The topological polar surface area (TPSA) is 76.0 Å². The normalized spacial score (nSPS) is 23.3. The van der Waals surface area contributed by atoms with Crippen LogP contribution >= 0.6 is 0 Å². The molecule has 0 saturated carbocycles. The number of esters is 1. The van der Waals surface area contributed by atoms with Crippen molar-refractivity contribution in [3.05, 3.63) is 52.5 Å². The average molecular weight is 371 g/mol. The fourth-order valence-corrected chi connectivity index (χ4v) is 3.60. The molecule has 2 aliphatic rings. The standard InChI is InChI=1S/C20H21NO6/c1-3-21-13-8-6-5-7-12(13)17(16(19(21)22)20(23)24-4-2)27-15-11-26-14-9-10-25-18(14)15/h5-10,14-15,18H,3-4,11H2,1-2H3/t14-,15?,18+/m1/s1. The SMILES string of the molecule is CCOC(=O)c1c(OC2CO[C@@H]3C=CO[C@H]23)c2ccccc2n(CC)c1=O. The summed E-state index contributed by atoms with van der Waals surface area (Å²) in [6.07, 6.45) is 2.51. The lowest BCUT2D eigenvalue weighted by Crippen LogP contribution is -2.35. The second-order valence-electron chi connectivity index (χ2n) is 6.37. The molecule has 0 bridgehead atoms. The third-order valence-corrected chi connectivity index (χ3v) is 4.84. The summed E-state index contributed by atoms with van der Waals surface area (Å²) < 4.78 is 24.1. The molecule has 2 aromatic rings. The number of fused-ring (bicyclic) bond motifs is 2. The number of carbonyl (C=O) groups is 1. The van der Waals surface area contributed by atoms with Crippen molar-refractivity contribution in [2.75, 3.05) is 13.2 Å². The molecule has 7 nitrogen and oxygen atoms in total. The highest BCUT2D eigenvalue weighted by Gasteiger charge is 2.42. The van der Waals surface area contributed by atoms with Gasteiger partial charge in [-0.2, -0.15) is 0 Å². The molecular weight excluding hydrogens is 350 g/mol. The molecule has 142 valence electrons. The van der Waals surface area contributed by atoms with Crippen LogP contribution in [0.1, 0.15) is 24.2 Å². The first-order valence-corrected chi connectivity index (χ1v) is 9.08. The molecule has 0 aliphatic carbocycles. The first kappa shape index (κ1) is 17.6. The van der Waals surface area contributed by atoms with Crippen LogP contribution in [0.15, 0.2) is 41.4 Å². The largest absolute Gasteiger partial charge is 0.491 e. The smallest absolute Gasteiger partial charge is 0.347 e. The van der Waals surface area contributed by atoms with Gasteiger partial charge in [-0.1, -0.05) is 12.1 Å². The number of aryl methyl sites for hydroxylation is 1. The molecule has 4 rings (SSSR count). The number of para-hydroxylation sites is 1. The van der Waals surface area contributed by atoms with Crippen LogP contribution in [0.2, 0.25) is 0 Å². The lowest BCUT2D eigenvalue weighted by Gasteiger charge is -2.22. The van der Waals surface area contributed by atoms with Crippen molar-refractivity contribution < 1.29 is 23.7 Å². The Kier molecular flexibility index (Phi) is 4.61. The number of benzene rings is 1. The van der Waals surface area contributed by atoms with Crippen molar-refractivity contribution in [1.29, 1.82) is 0 Å². The number of carbonyl (C=O) groups excluding carboxylic acids is 1. The molecular formula is C20H21NO6. The Labute approximate surface area is 156 Å². The maximum Gasteiger partial charge on any atom is 0.347 e. The summed E-state index contributed by atoms with van der Waals surface area (Å²) >= 11 is 0. The fraction of sp³-hybridized carbons (Fsp3) is 0.400. The number of hydrogen-bond donors (Lipinski definition) is 0. The van der Waals surface area contributed by atoms with Crippen LogP contribution in [-0.4, -0.2) is 42.1 Å². The van der Waals surface area contributed by atoms with E-state index in [2.05, 4.69) is 0 Å². The first-order valence-electron chi connectivity index (χ1n) is 9.08. The molecule has 1 aromatic heterocycles. The van der Waals surface area contributed by atoms with Crippen LogP contribution in [0.25, 0.3) is 10.9 Å². The van der Waals surface area contributed by atoms with E-state index in [1.54, 1.807) is 17.8 Å². The van der Waals surface area contributed by atoms with Gasteiger partial charge in [0, 0.05) is 11.9 Å². The average Bonchev–Trinajstić information content (AvgIpc) is 3.27. The lowest BCUT2D eigenvalue weighted by atomic mass is 10.1. The molecule has 0 amide bonds. The molecule has 27 heavy (non-hydrogen) atoms. The highest BCUT2D eigenvalue weighted by Crippen LogP contribution is 2.33. The van der Waals surface area contributed by atoms with Gasteiger partial charge in [0.1, 0.15) is 11.9 Å². The van der Waals surface area contributed by atoms with Crippen LogP contribution in [0.3, 0.4) is 0 Å². The van der Waals surface area contributed by atoms with Gasteiger partial charge in [0.15, 0.2) is 17.8 Å². The Bertz CT molecular complexity index is 963. The van der Waals surface area contributed by atoms with Gasteiger partial charge >= 0.3 is 5.97 Å². The zero-order valence-electron chi connectivity index (χ0n) is 15.2. The molecule has 3 atom stereocenters. The lowest BCUT2D eigenvalue weighted by molar-refractivity contribution is 0.0482. The van der Waals surface area contributed by atoms with Crippen molar-refractivity contribution >= 4 is 16.9 Å². The van der Waals surface area contributed by atoms with Crippen LogP contribution in [0.5, 0.6) is 5.75 Å². The minimum Gasteiger partial charge on any atom is -0.491 e. The van der Waals surface area contributed by atoms with Gasteiger partial charge < -0.3 is 23.5 Å². The number of ether oxygens (including phenoxy) is 4. The molecule has 3 heterocycles. The highest BCUT2D eigenvalue weighted by molar-refractivity contribution is 5.99. The number of hydrogen-bond acceptors (Lipinski definition) is 6. The second kappa shape index (κ2) is 7.08. The van der Waals surface area contributed by atoms with Crippen molar-refractivity contribution in [2.45, 2.75) is 38.7 Å². The molecule has 7 heteroatoms. The second-order valence-corrected chi connectivity index (χ2v) is 6.37. The van der Waals surface area contributed by atoms with E-state index in [0.717, 1.165) is 0 Å². The van der Waals surface area contributed by atoms with Gasteiger partial charge in [0.05, 0.1) is 25.0 Å². The zero-order chi connectivity index (χ0) is 19.0. The summed E-state index contributed by atoms with van der Waals surface area (Å²) in [6, 6.07) is 7.36. The summed E-state index contributed by atoms with van der Waals surface area (Å²) in [5, 5.41) is 0.677. The number of pyridine rings is 1. The Morgan fingerprint density at radius 3 is 2.89 bits per heavy atom. The number of aromatic nitrogens is 1. The van der Waals surface area contributed by atoms with Gasteiger partial charge in [-0.15, -0.1) is 0 Å². The fourth-order valence-electron chi connectivity index (χ4n) is 3.60. The summed E-state index contributed by atoms with van der Waals surface area (Å²) in [7, 11) is 0. The predicted octanol–water partition coefficient (Wildman–Crippen LogP) is 2.26. The monoisotopic (exact) mass is 371 g/mol. The van der Waals surface area contributed by atoms with Gasteiger partial charge in [0.2, 0.25) is 0 Å². The van der Waals surface area contributed by atoms with E-state index in [9.17, 15) is 9.59 Å². The Balaban J connectivity index is 1.87. The Hall–Kier alpha value is -2.80. The van der Waals surface area contributed by atoms with Crippen molar-refractivity contribution in [1.82, 2.24) is 4.57 Å². The third kappa shape index (κ3) is 2.88. The minimum atomic E-state index is -0.689. The van der Waals surface area contributed by atoms with Crippen LogP contribution in [0.4, 0.5) is 0 Å². The molecule has 2 aliphatic heterocycles. The zero-order valence-corrected chi connectivity index (χ0v) is 15.2. The van der Waals surface area contributed by atoms with Crippen LogP contribution < -0.4 is 10.3 Å². The van der Waals surface area contributed by atoms with E-state index >= 15 is 0 Å². The molecule has 1 fully saturated rings. The molecule has 1 saturated heterocycles. The highest BCUT2D eigenvalue weighted by atomic mass is 16.6. The van der Waals surface area contributed by atoms with Crippen molar-refractivity contribution in [2.24, 2.45) is 0 Å². The van der Waals surface area contributed by atoms with E-state index in [0.29, 0.717) is 24.1 Å². The van der Waals surface area contributed by atoms with E-state index < -0.39 is 17.6 Å². The quantitative estimate of drug-likeness (QED) is 0.751. The minimum absolute atomic E-state index is 0.0909. The maximum atomic E-state index is 13.1. The third-order valence-electron chi connectivity index (χ3n) is 4.84. The Morgan fingerprint density at radius 1 is 1.30 bits per heavy atom. The van der Waals surface area contributed by atoms with E-state index in [1.165, 1.54) is 0 Å². The van der Waals surface area contributed by atoms with E-state index in [1.807, 2.05) is 37.3 Å². The van der Waals surface area contributed by atoms with Crippen molar-refractivity contribution in [3.63, 3.8) is 0 Å². The molecule has 1 unspecified atom stereocenters. The number of rotatable bonds is 5. The van der Waals surface area contributed by atoms with Crippen LogP contribution in [0, 0.1) is 0 Å². The van der Waals surface area contributed by atoms with Gasteiger partial charge in [0.25, 0.3) is 5.56 Å². The molecule has 0 radical (unpaired) electrons. The summed E-state index contributed by atoms with van der Waals surface area (Å²) in [6.45, 7) is 4.46. The van der Waals surface area contributed by atoms with Gasteiger partial charge in [-0.05, 0) is 32.1 Å². The molecule has 0 spiro atoms. The summed E-state index contributed by atoms with van der Waals surface area (Å²) in [5.41, 5.74) is 0.186. The first-order chi connectivity index (χ1) is 13.2. The van der Waals surface area contributed by atoms with Crippen LogP contribution in [-0.2, 0) is 20.8 Å². The van der Waals surface area contributed by atoms with Gasteiger partial charge in [-0.25, -0.2) is 4.79 Å². The molecule has 1 aromatic carbocycles.